The zero-order valence-corrected chi connectivity index (χ0v) is 17.6. The van der Waals surface area contributed by atoms with Crippen molar-refractivity contribution < 1.29 is 5.11 Å². The molecule has 2 aromatic rings. The van der Waals surface area contributed by atoms with Crippen molar-refractivity contribution in [3.05, 3.63) is 34.4 Å². The SMILES string of the molecule is CC(C)(CO)Cn1c(C2CC2)nc2ccc(N3CCN4CCC3CC4)cc2c1=O. The molecule has 0 atom stereocenters. The lowest BCUT2D eigenvalue weighted by molar-refractivity contribution is 0.138. The molecule has 0 spiro atoms. The third-order valence-corrected chi connectivity index (χ3v) is 6.91. The zero-order valence-electron chi connectivity index (χ0n) is 17.6. The van der Waals surface area contributed by atoms with Gasteiger partial charge < -0.3 is 14.9 Å². The molecule has 2 bridgehead atoms. The van der Waals surface area contributed by atoms with Crippen molar-refractivity contribution in [2.75, 3.05) is 37.7 Å². The smallest absolute Gasteiger partial charge is 0.261 e. The maximum atomic E-state index is 13.6. The number of benzene rings is 1. The van der Waals surface area contributed by atoms with Crippen LogP contribution in [-0.4, -0.2) is 58.4 Å². The fraction of sp³-hybridized carbons (Fsp3) is 0.652. The van der Waals surface area contributed by atoms with Crippen molar-refractivity contribution in [2.24, 2.45) is 5.41 Å². The minimum atomic E-state index is -0.349. The van der Waals surface area contributed by atoms with Crippen LogP contribution >= 0.6 is 0 Å². The molecule has 0 radical (unpaired) electrons. The molecule has 1 aromatic carbocycles. The van der Waals surface area contributed by atoms with Crippen molar-refractivity contribution in [3.8, 4) is 0 Å². The Morgan fingerprint density at radius 2 is 1.86 bits per heavy atom. The van der Waals surface area contributed by atoms with E-state index in [4.69, 9.17) is 4.98 Å². The molecular weight excluding hydrogens is 364 g/mol. The Morgan fingerprint density at radius 1 is 1.10 bits per heavy atom. The number of aliphatic hydroxyl groups is 1. The molecule has 1 aromatic heterocycles. The first-order valence-electron chi connectivity index (χ1n) is 11.1. The summed E-state index contributed by atoms with van der Waals surface area (Å²) in [5.74, 6) is 1.29. The van der Waals surface area contributed by atoms with E-state index < -0.39 is 0 Å². The van der Waals surface area contributed by atoms with Gasteiger partial charge in [0.05, 0.1) is 10.9 Å². The number of hydrogen-bond donors (Lipinski definition) is 1. The van der Waals surface area contributed by atoms with E-state index in [0.29, 0.717) is 23.9 Å². The maximum Gasteiger partial charge on any atom is 0.261 e. The molecular formula is C23H32N4O2. The van der Waals surface area contributed by atoms with Gasteiger partial charge in [-0.3, -0.25) is 9.36 Å². The summed E-state index contributed by atoms with van der Waals surface area (Å²) in [5, 5.41) is 10.5. The third kappa shape index (κ3) is 3.57. The monoisotopic (exact) mass is 396 g/mol. The summed E-state index contributed by atoms with van der Waals surface area (Å²) in [5.41, 5.74) is 1.65. The summed E-state index contributed by atoms with van der Waals surface area (Å²) in [6.45, 7) is 9.04. The van der Waals surface area contributed by atoms with Crippen LogP contribution in [0.4, 0.5) is 5.69 Å². The predicted octanol–water partition coefficient (Wildman–Crippen LogP) is 2.58. The van der Waals surface area contributed by atoms with Gasteiger partial charge in [-0.2, -0.15) is 0 Å². The molecule has 3 aliphatic heterocycles. The van der Waals surface area contributed by atoms with Crippen LogP contribution in [0.25, 0.3) is 10.9 Å². The van der Waals surface area contributed by atoms with Gasteiger partial charge in [-0.25, -0.2) is 4.98 Å². The van der Waals surface area contributed by atoms with Crippen LogP contribution in [0.5, 0.6) is 0 Å². The van der Waals surface area contributed by atoms with Gasteiger partial charge in [-0.05, 0) is 43.9 Å². The summed E-state index contributed by atoms with van der Waals surface area (Å²) in [6.07, 6.45) is 4.60. The molecule has 1 saturated carbocycles. The number of hydrogen-bond acceptors (Lipinski definition) is 5. The van der Waals surface area contributed by atoms with Gasteiger partial charge in [0.2, 0.25) is 0 Å². The molecule has 6 nitrogen and oxygen atoms in total. The maximum absolute atomic E-state index is 13.6. The van der Waals surface area contributed by atoms with E-state index in [9.17, 15) is 9.90 Å². The Labute approximate surface area is 172 Å². The first-order valence-corrected chi connectivity index (χ1v) is 11.1. The molecule has 1 aliphatic carbocycles. The number of fused-ring (bicyclic) bond motifs is 5. The van der Waals surface area contributed by atoms with E-state index in [1.54, 1.807) is 0 Å². The van der Waals surface area contributed by atoms with E-state index in [1.165, 1.54) is 25.9 Å². The van der Waals surface area contributed by atoms with E-state index in [0.717, 1.165) is 43.0 Å². The molecule has 4 aliphatic rings. The highest BCUT2D eigenvalue weighted by molar-refractivity contribution is 5.82. The van der Waals surface area contributed by atoms with Crippen LogP contribution in [0.3, 0.4) is 0 Å². The highest BCUT2D eigenvalue weighted by atomic mass is 16.3. The number of aliphatic hydroxyl groups excluding tert-OH is 1. The molecule has 156 valence electrons. The summed E-state index contributed by atoms with van der Waals surface area (Å²) < 4.78 is 1.85. The number of aromatic nitrogens is 2. The summed E-state index contributed by atoms with van der Waals surface area (Å²) in [7, 11) is 0. The van der Waals surface area contributed by atoms with Gasteiger partial charge in [0.1, 0.15) is 5.82 Å². The topological polar surface area (TPSA) is 61.6 Å². The minimum absolute atomic E-state index is 0.0446. The normalized spacial score (nSPS) is 24.9. The van der Waals surface area contributed by atoms with Crippen LogP contribution in [0.1, 0.15) is 51.3 Å². The van der Waals surface area contributed by atoms with Crippen molar-refractivity contribution in [1.82, 2.24) is 14.5 Å². The van der Waals surface area contributed by atoms with E-state index in [-0.39, 0.29) is 17.6 Å². The highest BCUT2D eigenvalue weighted by Crippen LogP contribution is 2.40. The van der Waals surface area contributed by atoms with Gasteiger partial charge in [0, 0.05) is 62.4 Å². The minimum Gasteiger partial charge on any atom is -0.396 e. The number of nitrogens with zero attached hydrogens (tertiary/aromatic N) is 4. The second kappa shape index (κ2) is 7.10. The molecule has 6 rings (SSSR count). The summed E-state index contributed by atoms with van der Waals surface area (Å²) >= 11 is 0. The van der Waals surface area contributed by atoms with Gasteiger partial charge >= 0.3 is 0 Å². The van der Waals surface area contributed by atoms with Crippen LogP contribution < -0.4 is 10.5 Å². The van der Waals surface area contributed by atoms with Crippen LogP contribution in [0, 0.1) is 5.41 Å². The average Bonchev–Trinajstić information content (AvgIpc) is 3.58. The summed E-state index contributed by atoms with van der Waals surface area (Å²) in [4.78, 5) is 23.5. The lowest BCUT2D eigenvalue weighted by atomic mass is 9.94. The van der Waals surface area contributed by atoms with Crippen LogP contribution in [-0.2, 0) is 6.54 Å². The second-order valence-electron chi connectivity index (χ2n) is 9.93. The molecule has 0 unspecified atom stereocenters. The van der Waals surface area contributed by atoms with Crippen LogP contribution in [0.15, 0.2) is 23.0 Å². The average molecular weight is 397 g/mol. The molecule has 4 fully saturated rings. The summed E-state index contributed by atoms with van der Waals surface area (Å²) in [6, 6.07) is 6.83. The Hall–Kier alpha value is -1.92. The fourth-order valence-electron chi connectivity index (χ4n) is 4.91. The van der Waals surface area contributed by atoms with Gasteiger partial charge in [0.15, 0.2) is 0 Å². The molecule has 29 heavy (non-hydrogen) atoms. The van der Waals surface area contributed by atoms with Crippen LogP contribution in [0.2, 0.25) is 0 Å². The molecule has 6 heteroatoms. The Kier molecular flexibility index (Phi) is 4.67. The molecule has 1 N–H and O–H groups in total. The first kappa shape index (κ1) is 19.1. The Morgan fingerprint density at radius 3 is 2.55 bits per heavy atom. The van der Waals surface area contributed by atoms with Crippen molar-refractivity contribution in [1.29, 1.82) is 0 Å². The molecule has 0 amide bonds. The quantitative estimate of drug-likeness (QED) is 0.842. The van der Waals surface area contributed by atoms with E-state index in [1.807, 2.05) is 24.5 Å². The number of rotatable bonds is 5. The predicted molar refractivity (Wildman–Crippen MR) is 116 cm³/mol. The Balaban J connectivity index is 1.59. The molecule has 3 saturated heterocycles. The lowest BCUT2D eigenvalue weighted by Crippen LogP contribution is -2.38. The number of piperidine rings is 1. The fourth-order valence-corrected chi connectivity index (χ4v) is 4.91. The largest absolute Gasteiger partial charge is 0.396 e. The van der Waals surface area contributed by atoms with Crippen molar-refractivity contribution in [2.45, 2.75) is 58.0 Å². The van der Waals surface area contributed by atoms with Gasteiger partial charge in [-0.1, -0.05) is 13.8 Å². The zero-order chi connectivity index (χ0) is 20.2. The standard InChI is InChI=1S/C23H32N4O2/c1-23(2,15-28)14-27-21(16-3-4-16)24-20-6-5-18(13-19(20)22(27)29)26-12-11-25-9-7-17(26)8-10-25/h5-6,13,16-17,28H,3-4,7-12,14-15H2,1-2H3. The van der Waals surface area contributed by atoms with E-state index >= 15 is 0 Å². The van der Waals surface area contributed by atoms with Gasteiger partial charge in [0.25, 0.3) is 5.56 Å². The van der Waals surface area contributed by atoms with Crippen molar-refractivity contribution in [3.63, 3.8) is 0 Å². The highest BCUT2D eigenvalue weighted by Gasteiger charge is 2.32. The van der Waals surface area contributed by atoms with E-state index in [2.05, 4.69) is 21.9 Å². The van der Waals surface area contributed by atoms with Gasteiger partial charge in [-0.15, -0.1) is 0 Å². The lowest BCUT2D eigenvalue weighted by Gasteiger charge is -2.33. The Bertz CT molecular complexity index is 971. The number of anilines is 1. The molecule has 4 heterocycles. The van der Waals surface area contributed by atoms with Crippen molar-refractivity contribution >= 4 is 16.6 Å². The first-order chi connectivity index (χ1) is 13.9. The third-order valence-electron chi connectivity index (χ3n) is 6.91. The second-order valence-corrected chi connectivity index (χ2v) is 9.93.